The Morgan fingerprint density at radius 2 is 1.35 bits per heavy atom. The number of ether oxygens (including phenoxy) is 1. The van der Waals surface area contributed by atoms with Gasteiger partial charge in [0.15, 0.2) is 9.84 Å². The Morgan fingerprint density at radius 3 is 1.90 bits per heavy atom. The lowest BCUT2D eigenvalue weighted by Gasteiger charge is -2.27. The Balaban J connectivity index is 2.28. The number of amides is 4. The fraction of sp³-hybridized carbons (Fsp3) is 0.375. The molecule has 0 aliphatic carbocycles. The molecule has 0 saturated heterocycles. The van der Waals surface area contributed by atoms with E-state index in [2.05, 4.69) is 21.3 Å². The fourth-order valence-electron chi connectivity index (χ4n) is 4.19. The topological polar surface area (TPSA) is 234 Å². The highest BCUT2D eigenvalue weighted by Crippen LogP contribution is 2.16. The summed E-state index contributed by atoms with van der Waals surface area (Å²) in [5.41, 5.74) is 0.899. The number of hydrogen-bond donors (Lipinski definition) is 6. The summed E-state index contributed by atoms with van der Waals surface area (Å²) in [6, 6.07) is 10.8. The molecule has 15 nitrogen and oxygen atoms in total. The molecule has 0 unspecified atom stereocenters. The van der Waals surface area contributed by atoms with E-state index in [1.807, 2.05) is 0 Å². The maximum Gasteiger partial charge on any atom is 0.408 e. The zero-order chi connectivity index (χ0) is 35.9. The van der Waals surface area contributed by atoms with Crippen LogP contribution in [0.2, 0.25) is 0 Å². The third-order valence-corrected chi connectivity index (χ3v) is 8.15. The maximum atomic E-state index is 13.7. The smallest absolute Gasteiger partial charge is 0.408 e. The van der Waals surface area contributed by atoms with Gasteiger partial charge in [0.25, 0.3) is 0 Å². The van der Waals surface area contributed by atoms with Gasteiger partial charge >= 0.3 is 18.0 Å². The molecular formula is C32H40N4O11S. The number of rotatable bonds is 18. The van der Waals surface area contributed by atoms with E-state index in [1.54, 1.807) is 62.4 Å². The normalized spacial score (nSPS) is 13.8. The predicted octanol–water partition coefficient (Wildman–Crippen LogP) is 1.66. The van der Waals surface area contributed by atoms with Crippen LogP contribution in [0.25, 0.3) is 0 Å². The van der Waals surface area contributed by atoms with Gasteiger partial charge in [0.2, 0.25) is 17.7 Å². The molecule has 16 heteroatoms. The molecule has 260 valence electrons. The third-order valence-electron chi connectivity index (χ3n) is 6.77. The molecule has 0 aliphatic rings. The monoisotopic (exact) mass is 688 g/mol. The van der Waals surface area contributed by atoms with E-state index in [0.29, 0.717) is 5.56 Å². The van der Waals surface area contributed by atoms with Crippen LogP contribution in [0, 0.1) is 5.92 Å². The van der Waals surface area contributed by atoms with E-state index in [4.69, 9.17) is 4.74 Å². The Morgan fingerprint density at radius 1 is 0.771 bits per heavy atom. The highest BCUT2D eigenvalue weighted by molar-refractivity contribution is 7.94. The second kappa shape index (κ2) is 18.8. The van der Waals surface area contributed by atoms with Gasteiger partial charge in [-0.05, 0) is 17.0 Å². The molecule has 4 atom stereocenters. The van der Waals surface area contributed by atoms with Crippen LogP contribution in [-0.2, 0) is 45.2 Å². The van der Waals surface area contributed by atoms with Crippen LogP contribution in [0.4, 0.5) is 4.79 Å². The second-order valence-electron chi connectivity index (χ2n) is 10.9. The van der Waals surface area contributed by atoms with Gasteiger partial charge in [-0.15, -0.1) is 0 Å². The number of carboxylic acid groups (broad SMARTS) is 2. The van der Waals surface area contributed by atoms with Gasteiger partial charge < -0.3 is 36.2 Å². The number of benzene rings is 2. The number of aliphatic carboxylic acids is 2. The van der Waals surface area contributed by atoms with Crippen LogP contribution >= 0.6 is 0 Å². The number of alkyl carbamates (subject to hydrolysis) is 1. The maximum absolute atomic E-state index is 13.7. The average Bonchev–Trinajstić information content (AvgIpc) is 3.03. The molecule has 0 spiro atoms. The molecule has 0 radical (unpaired) electrons. The molecule has 0 fully saturated rings. The summed E-state index contributed by atoms with van der Waals surface area (Å²) in [6.45, 7) is 4.43. The summed E-state index contributed by atoms with van der Waals surface area (Å²) in [5.74, 6) is -6.30. The van der Waals surface area contributed by atoms with Gasteiger partial charge in [0.1, 0.15) is 24.7 Å². The van der Waals surface area contributed by atoms with E-state index in [1.165, 1.54) is 19.1 Å². The fourth-order valence-corrected chi connectivity index (χ4v) is 4.81. The zero-order valence-electron chi connectivity index (χ0n) is 26.6. The van der Waals surface area contributed by atoms with Crippen molar-refractivity contribution in [1.82, 2.24) is 21.3 Å². The Labute approximate surface area is 278 Å². The van der Waals surface area contributed by atoms with Gasteiger partial charge in [0, 0.05) is 5.41 Å². The van der Waals surface area contributed by atoms with Crippen LogP contribution in [0.1, 0.15) is 50.8 Å². The van der Waals surface area contributed by atoms with Crippen molar-refractivity contribution >= 4 is 45.6 Å². The summed E-state index contributed by atoms with van der Waals surface area (Å²) in [7, 11) is -3.64. The summed E-state index contributed by atoms with van der Waals surface area (Å²) >= 11 is 0. The Hall–Kier alpha value is -5.25. The van der Waals surface area contributed by atoms with E-state index < -0.39 is 88.5 Å². The molecule has 2 aromatic rings. The number of carbonyl (C=O) groups is 6. The lowest BCUT2D eigenvalue weighted by molar-refractivity contribution is -0.140. The van der Waals surface area contributed by atoms with Gasteiger partial charge in [0.05, 0.1) is 24.6 Å². The minimum Gasteiger partial charge on any atom is -0.481 e. The number of carboxylic acids is 2. The molecule has 0 bridgehead atoms. The van der Waals surface area contributed by atoms with E-state index >= 15 is 0 Å². The van der Waals surface area contributed by atoms with Crippen LogP contribution in [0.15, 0.2) is 72.1 Å². The standard InChI is InChI=1S/C32H40N4O11S/c1-4-48(45,46)16-15-23(17-25(37)38)33-30(42)27(20(2)3)35-31(43)28(22-13-9-6-10-14-22)36-29(41)24(18-26(39)40)34-32(44)47-19-21-11-7-5-8-12-21/h5-16,20,23-24,27-28H,4,17-19H2,1-3H3,(H,33,42)(H,34,44)(H,35,43)(H,36,41)(H,37,38)(H,39,40)/b16-15+/t23-,24+,27+,28+/m1/s1. The van der Waals surface area contributed by atoms with Crippen molar-refractivity contribution in [3.05, 3.63) is 83.3 Å². The van der Waals surface area contributed by atoms with E-state index in [-0.39, 0.29) is 17.9 Å². The summed E-state index contributed by atoms with van der Waals surface area (Å²) in [4.78, 5) is 75.7. The molecule has 0 saturated carbocycles. The largest absolute Gasteiger partial charge is 0.481 e. The summed E-state index contributed by atoms with van der Waals surface area (Å²) in [6.07, 6.45) is -1.53. The quantitative estimate of drug-likeness (QED) is 0.132. The lowest BCUT2D eigenvalue weighted by Crippen LogP contribution is -2.56. The summed E-state index contributed by atoms with van der Waals surface area (Å²) in [5, 5.41) is 29.1. The van der Waals surface area contributed by atoms with Crippen LogP contribution in [0.5, 0.6) is 0 Å². The minimum atomic E-state index is -3.64. The number of nitrogens with one attached hydrogen (secondary N) is 4. The van der Waals surface area contributed by atoms with Gasteiger partial charge in [-0.3, -0.25) is 24.0 Å². The molecular weight excluding hydrogens is 648 g/mol. The van der Waals surface area contributed by atoms with Crippen LogP contribution in [0.3, 0.4) is 0 Å². The highest BCUT2D eigenvalue weighted by atomic mass is 32.2. The van der Waals surface area contributed by atoms with Crippen molar-refractivity contribution in [2.45, 2.75) is 64.4 Å². The molecule has 0 heterocycles. The lowest BCUT2D eigenvalue weighted by atomic mass is 10.00. The predicted molar refractivity (Wildman–Crippen MR) is 173 cm³/mol. The minimum absolute atomic E-state index is 0.153. The molecule has 2 rings (SSSR count). The number of carbonyl (C=O) groups excluding carboxylic acids is 4. The molecule has 2 aromatic carbocycles. The Kier molecular flexibility index (Phi) is 15.2. The Bertz CT molecular complexity index is 1560. The van der Waals surface area contributed by atoms with Crippen molar-refractivity contribution in [1.29, 1.82) is 0 Å². The number of sulfone groups is 1. The molecule has 4 amide bonds. The first-order valence-electron chi connectivity index (χ1n) is 14.9. The highest BCUT2D eigenvalue weighted by Gasteiger charge is 2.33. The SMILES string of the molecule is CCS(=O)(=O)/C=C/[C@H](CC(=O)O)NC(=O)[C@@H](NC(=O)[C@@H](NC(=O)[C@H](CC(=O)O)NC(=O)OCc1ccccc1)c1ccccc1)C(C)C. The van der Waals surface area contributed by atoms with Gasteiger partial charge in [-0.1, -0.05) is 87.5 Å². The zero-order valence-corrected chi connectivity index (χ0v) is 27.4. The molecule has 0 aliphatic heterocycles. The van der Waals surface area contributed by atoms with Crippen LogP contribution < -0.4 is 21.3 Å². The van der Waals surface area contributed by atoms with Crippen LogP contribution in [-0.4, -0.2) is 78.3 Å². The van der Waals surface area contributed by atoms with Crippen molar-refractivity contribution in [3.63, 3.8) is 0 Å². The first kappa shape index (κ1) is 38.9. The third kappa shape index (κ3) is 13.6. The average molecular weight is 689 g/mol. The van der Waals surface area contributed by atoms with Gasteiger partial charge in [-0.25, -0.2) is 13.2 Å². The van der Waals surface area contributed by atoms with Gasteiger partial charge in [-0.2, -0.15) is 0 Å². The molecule has 48 heavy (non-hydrogen) atoms. The number of hydrogen-bond acceptors (Lipinski definition) is 9. The van der Waals surface area contributed by atoms with Crippen molar-refractivity contribution in [2.24, 2.45) is 5.92 Å². The van der Waals surface area contributed by atoms with E-state index in [9.17, 15) is 47.4 Å². The van der Waals surface area contributed by atoms with Crippen molar-refractivity contribution < 1.29 is 52.1 Å². The summed E-state index contributed by atoms with van der Waals surface area (Å²) < 4.78 is 28.9. The van der Waals surface area contributed by atoms with Crippen molar-refractivity contribution in [2.75, 3.05) is 5.75 Å². The molecule has 6 N–H and O–H groups in total. The van der Waals surface area contributed by atoms with E-state index in [0.717, 1.165) is 11.5 Å². The first-order valence-corrected chi connectivity index (χ1v) is 16.6. The molecule has 0 aromatic heterocycles. The second-order valence-corrected chi connectivity index (χ2v) is 13.1. The first-order chi connectivity index (χ1) is 22.6. The van der Waals surface area contributed by atoms with Crippen molar-refractivity contribution in [3.8, 4) is 0 Å².